The van der Waals surface area contributed by atoms with Gasteiger partial charge in [-0.3, -0.25) is 0 Å². The van der Waals surface area contributed by atoms with Crippen molar-refractivity contribution in [1.29, 1.82) is 0 Å². The molecule has 0 amide bonds. The molecule has 0 aliphatic rings. The highest BCUT2D eigenvalue weighted by atomic mass is 15.1. The van der Waals surface area contributed by atoms with Crippen molar-refractivity contribution >= 4 is 0 Å². The lowest BCUT2D eigenvalue weighted by Crippen LogP contribution is -2.45. The van der Waals surface area contributed by atoms with Crippen molar-refractivity contribution in [3.8, 4) is 0 Å². The van der Waals surface area contributed by atoms with Gasteiger partial charge in [-0.1, -0.05) is 40.5 Å². The number of unbranched alkanes of at least 4 members (excludes halogenated alkanes) is 1. The Morgan fingerprint density at radius 2 is 1.80 bits per heavy atom. The second-order valence-electron chi connectivity index (χ2n) is 5.88. The van der Waals surface area contributed by atoms with Gasteiger partial charge in [0, 0.05) is 18.6 Å². The van der Waals surface area contributed by atoms with Crippen molar-refractivity contribution in [2.75, 3.05) is 13.6 Å². The second kappa shape index (κ2) is 6.49. The highest BCUT2D eigenvalue weighted by Gasteiger charge is 2.24. The van der Waals surface area contributed by atoms with E-state index in [9.17, 15) is 0 Å². The van der Waals surface area contributed by atoms with E-state index >= 15 is 0 Å². The molecule has 0 bridgehead atoms. The summed E-state index contributed by atoms with van der Waals surface area (Å²) in [5, 5.41) is 0. The van der Waals surface area contributed by atoms with Crippen LogP contribution >= 0.6 is 0 Å². The number of hydrogen-bond acceptors (Lipinski definition) is 2. The Morgan fingerprint density at radius 3 is 2.20 bits per heavy atom. The number of nitrogens with two attached hydrogens (primary N) is 1. The van der Waals surface area contributed by atoms with E-state index in [0.29, 0.717) is 17.5 Å². The summed E-state index contributed by atoms with van der Waals surface area (Å²) in [4.78, 5) is 2.39. The molecule has 0 fully saturated rings. The molecule has 0 rings (SSSR count). The summed E-state index contributed by atoms with van der Waals surface area (Å²) in [5.41, 5.74) is 6.43. The fourth-order valence-corrected chi connectivity index (χ4v) is 1.75. The minimum absolute atomic E-state index is 0.333. The first-order valence-corrected chi connectivity index (χ1v) is 6.24. The lowest BCUT2D eigenvalue weighted by molar-refractivity contribution is 0.133. The van der Waals surface area contributed by atoms with Crippen molar-refractivity contribution in [2.45, 2.75) is 66.0 Å². The van der Waals surface area contributed by atoms with E-state index in [4.69, 9.17) is 5.73 Å². The molecule has 0 spiro atoms. The molecule has 15 heavy (non-hydrogen) atoms. The Hall–Kier alpha value is -0.0800. The molecule has 2 atom stereocenters. The third-order valence-corrected chi connectivity index (χ3v) is 3.37. The fraction of sp³-hybridized carbons (Fsp3) is 1.00. The van der Waals surface area contributed by atoms with E-state index in [1.54, 1.807) is 0 Å². The minimum Gasteiger partial charge on any atom is -0.327 e. The summed E-state index contributed by atoms with van der Waals surface area (Å²) >= 11 is 0. The highest BCUT2D eigenvalue weighted by Crippen LogP contribution is 2.23. The Balaban J connectivity index is 3.96. The quantitative estimate of drug-likeness (QED) is 0.736. The topological polar surface area (TPSA) is 29.3 Å². The van der Waals surface area contributed by atoms with Crippen LogP contribution in [0.15, 0.2) is 0 Å². The molecule has 2 unspecified atom stereocenters. The van der Waals surface area contributed by atoms with Gasteiger partial charge in [-0.15, -0.1) is 0 Å². The Bertz CT molecular complexity index is 160. The largest absolute Gasteiger partial charge is 0.327 e. The second-order valence-corrected chi connectivity index (χ2v) is 5.88. The molecule has 0 heterocycles. The summed E-state index contributed by atoms with van der Waals surface area (Å²) < 4.78 is 0. The van der Waals surface area contributed by atoms with Gasteiger partial charge in [0.15, 0.2) is 0 Å². The third-order valence-electron chi connectivity index (χ3n) is 3.37. The summed E-state index contributed by atoms with van der Waals surface area (Å²) in [6, 6.07) is 0.907. The smallest absolute Gasteiger partial charge is 0.0167 e. The van der Waals surface area contributed by atoms with Crippen LogP contribution in [0.2, 0.25) is 0 Å². The predicted octanol–water partition coefficient (Wildman–Crippen LogP) is 2.87. The van der Waals surface area contributed by atoms with Crippen LogP contribution in [-0.4, -0.2) is 30.6 Å². The summed E-state index contributed by atoms with van der Waals surface area (Å²) in [6.45, 7) is 12.4. The van der Waals surface area contributed by atoms with Crippen molar-refractivity contribution < 1.29 is 0 Å². The maximum atomic E-state index is 6.10. The monoisotopic (exact) mass is 214 g/mol. The van der Waals surface area contributed by atoms with Crippen LogP contribution in [-0.2, 0) is 0 Å². The van der Waals surface area contributed by atoms with Gasteiger partial charge in [0.05, 0.1) is 0 Å². The van der Waals surface area contributed by atoms with Crippen molar-refractivity contribution in [3.63, 3.8) is 0 Å². The maximum absolute atomic E-state index is 6.10. The molecular weight excluding hydrogens is 184 g/mol. The lowest BCUT2D eigenvalue weighted by atomic mass is 9.87. The van der Waals surface area contributed by atoms with E-state index in [0.717, 1.165) is 13.0 Å². The fourth-order valence-electron chi connectivity index (χ4n) is 1.75. The number of nitrogens with zero attached hydrogens (tertiary/aromatic N) is 1. The van der Waals surface area contributed by atoms with Gasteiger partial charge in [-0.2, -0.15) is 0 Å². The normalized spacial score (nSPS) is 16.8. The van der Waals surface area contributed by atoms with E-state index in [-0.39, 0.29) is 0 Å². The van der Waals surface area contributed by atoms with Crippen LogP contribution in [0.5, 0.6) is 0 Å². The zero-order valence-corrected chi connectivity index (χ0v) is 11.5. The van der Waals surface area contributed by atoms with Gasteiger partial charge < -0.3 is 10.6 Å². The Morgan fingerprint density at radius 1 is 1.27 bits per heavy atom. The molecule has 0 radical (unpaired) electrons. The molecular formula is C13H30N2. The summed E-state index contributed by atoms with van der Waals surface area (Å²) in [7, 11) is 2.18. The molecule has 0 saturated heterocycles. The average Bonchev–Trinajstić information content (AvgIpc) is 2.11. The van der Waals surface area contributed by atoms with E-state index in [1.807, 2.05) is 0 Å². The number of rotatable bonds is 6. The minimum atomic E-state index is 0.333. The molecule has 0 aromatic carbocycles. The molecule has 92 valence electrons. The standard InChI is InChI=1S/C13H30N2/c1-7-8-9-12(14)10-15(6)11(2)13(3,4)5/h11-12H,7-10,14H2,1-6H3. The molecule has 2 heteroatoms. The number of likely N-dealkylation sites (N-methyl/N-ethyl adjacent to an activating group) is 1. The number of hydrogen-bond donors (Lipinski definition) is 1. The first-order valence-electron chi connectivity index (χ1n) is 6.24. The molecule has 2 N–H and O–H groups in total. The molecule has 0 aliphatic heterocycles. The first-order chi connectivity index (χ1) is 6.79. The van der Waals surface area contributed by atoms with Gasteiger partial charge in [-0.25, -0.2) is 0 Å². The van der Waals surface area contributed by atoms with Crippen LogP contribution < -0.4 is 5.73 Å². The first kappa shape index (κ1) is 14.9. The molecule has 2 nitrogen and oxygen atoms in total. The SMILES string of the molecule is CCCCC(N)CN(C)C(C)C(C)(C)C. The van der Waals surface area contributed by atoms with E-state index < -0.39 is 0 Å². The van der Waals surface area contributed by atoms with Crippen molar-refractivity contribution in [3.05, 3.63) is 0 Å². The molecule has 0 aromatic rings. The maximum Gasteiger partial charge on any atom is 0.0167 e. The third kappa shape index (κ3) is 6.16. The molecule has 0 saturated carbocycles. The van der Waals surface area contributed by atoms with Crippen molar-refractivity contribution in [2.24, 2.45) is 11.1 Å². The Kier molecular flexibility index (Phi) is 6.46. The van der Waals surface area contributed by atoms with Crippen LogP contribution in [0.3, 0.4) is 0 Å². The molecule has 0 aliphatic carbocycles. The van der Waals surface area contributed by atoms with Crippen LogP contribution in [0.4, 0.5) is 0 Å². The van der Waals surface area contributed by atoms with Crippen LogP contribution in [0, 0.1) is 5.41 Å². The van der Waals surface area contributed by atoms with Crippen molar-refractivity contribution in [1.82, 2.24) is 4.90 Å². The van der Waals surface area contributed by atoms with Gasteiger partial charge in [0.25, 0.3) is 0 Å². The average molecular weight is 214 g/mol. The van der Waals surface area contributed by atoms with E-state index in [2.05, 4.69) is 46.6 Å². The highest BCUT2D eigenvalue weighted by molar-refractivity contribution is 4.79. The predicted molar refractivity (Wildman–Crippen MR) is 69.0 cm³/mol. The van der Waals surface area contributed by atoms with Gasteiger partial charge in [0.1, 0.15) is 0 Å². The van der Waals surface area contributed by atoms with Gasteiger partial charge >= 0.3 is 0 Å². The zero-order chi connectivity index (χ0) is 12.1. The molecule has 0 aromatic heterocycles. The van der Waals surface area contributed by atoms with Crippen LogP contribution in [0.1, 0.15) is 53.9 Å². The zero-order valence-electron chi connectivity index (χ0n) is 11.5. The lowest BCUT2D eigenvalue weighted by Gasteiger charge is -2.36. The summed E-state index contributed by atoms with van der Waals surface area (Å²) in [6.07, 6.45) is 3.64. The van der Waals surface area contributed by atoms with Gasteiger partial charge in [-0.05, 0) is 25.8 Å². The van der Waals surface area contributed by atoms with Gasteiger partial charge in [0.2, 0.25) is 0 Å². The van der Waals surface area contributed by atoms with E-state index in [1.165, 1.54) is 12.8 Å². The summed E-state index contributed by atoms with van der Waals surface area (Å²) in [5.74, 6) is 0. The van der Waals surface area contributed by atoms with Crippen LogP contribution in [0.25, 0.3) is 0 Å². The Labute approximate surface area is 96.2 Å².